The molecule has 2 aromatic rings. The summed E-state index contributed by atoms with van der Waals surface area (Å²) in [5.74, 6) is -0.827. The van der Waals surface area contributed by atoms with Gasteiger partial charge in [0.15, 0.2) is 0 Å². The maximum absolute atomic E-state index is 13.8. The van der Waals surface area contributed by atoms with E-state index in [1.807, 2.05) is 20.8 Å². The van der Waals surface area contributed by atoms with Crippen molar-refractivity contribution in [2.45, 2.75) is 52.1 Å². The van der Waals surface area contributed by atoms with E-state index in [9.17, 15) is 23.7 Å². The van der Waals surface area contributed by atoms with Crippen LogP contribution in [0.1, 0.15) is 50.8 Å². The van der Waals surface area contributed by atoms with Crippen LogP contribution in [-0.4, -0.2) is 16.4 Å². The van der Waals surface area contributed by atoms with Gasteiger partial charge in [-0.2, -0.15) is 28.8 Å². The van der Waals surface area contributed by atoms with Gasteiger partial charge in [0.25, 0.3) is 0 Å². The summed E-state index contributed by atoms with van der Waals surface area (Å²) in [4.78, 5) is 0. The van der Waals surface area contributed by atoms with E-state index >= 15 is 0 Å². The molecule has 0 amide bonds. The van der Waals surface area contributed by atoms with Crippen LogP contribution in [0.5, 0.6) is 0 Å². The average molecular weight is 413 g/mol. The number of alkyl halides is 3. The standard InChI is InChI=1S/C22H22F3N5/c1-4-17-14-9-13(6-8-19(14)30-29-17)20-15(10-26)18(7-5-12(2)3)28-21(16(20)11-27)22(23,24)25/h6,8-9,12,20,28H,4-5,7H2,1-3H3,(H,29,30). The van der Waals surface area contributed by atoms with Gasteiger partial charge in [0.1, 0.15) is 5.70 Å². The maximum Gasteiger partial charge on any atom is 0.432 e. The van der Waals surface area contributed by atoms with Crippen LogP contribution in [0.2, 0.25) is 0 Å². The molecular formula is C22H22F3N5. The predicted molar refractivity (Wildman–Crippen MR) is 107 cm³/mol. The molecular weight excluding hydrogens is 391 g/mol. The number of H-pyrrole nitrogens is 1. The van der Waals surface area contributed by atoms with Crippen LogP contribution in [0, 0.1) is 28.6 Å². The zero-order valence-corrected chi connectivity index (χ0v) is 17.0. The summed E-state index contributed by atoms with van der Waals surface area (Å²) in [5.41, 5.74) is 0.806. The van der Waals surface area contributed by atoms with Crippen molar-refractivity contribution in [1.29, 1.82) is 10.5 Å². The normalized spacial score (nSPS) is 17.3. The quantitative estimate of drug-likeness (QED) is 0.690. The van der Waals surface area contributed by atoms with Crippen LogP contribution < -0.4 is 5.32 Å². The minimum absolute atomic E-state index is 0.154. The van der Waals surface area contributed by atoms with Gasteiger partial charge in [-0.25, -0.2) is 0 Å². The number of allylic oxidation sites excluding steroid dienone is 4. The highest BCUT2D eigenvalue weighted by Crippen LogP contribution is 2.43. The predicted octanol–water partition coefficient (Wildman–Crippen LogP) is 5.37. The smallest absolute Gasteiger partial charge is 0.353 e. The van der Waals surface area contributed by atoms with Crippen LogP contribution in [0.15, 0.2) is 40.7 Å². The van der Waals surface area contributed by atoms with Crippen molar-refractivity contribution in [3.8, 4) is 12.1 Å². The lowest BCUT2D eigenvalue weighted by Gasteiger charge is -2.30. The number of aryl methyl sites for hydroxylation is 1. The van der Waals surface area contributed by atoms with Gasteiger partial charge in [-0.05, 0) is 42.9 Å². The molecule has 0 saturated carbocycles. The third kappa shape index (κ3) is 3.91. The Morgan fingerprint density at radius 3 is 2.43 bits per heavy atom. The lowest BCUT2D eigenvalue weighted by molar-refractivity contribution is -0.0970. The van der Waals surface area contributed by atoms with E-state index in [4.69, 9.17) is 0 Å². The zero-order chi connectivity index (χ0) is 22.1. The van der Waals surface area contributed by atoms with Gasteiger partial charge in [0.2, 0.25) is 0 Å². The van der Waals surface area contributed by atoms with E-state index in [2.05, 4.69) is 21.6 Å². The molecule has 2 heterocycles. The summed E-state index contributed by atoms with van der Waals surface area (Å²) in [6.07, 6.45) is -3.15. The molecule has 2 N–H and O–H groups in total. The van der Waals surface area contributed by atoms with Crippen molar-refractivity contribution >= 4 is 10.9 Å². The van der Waals surface area contributed by atoms with Crippen LogP contribution in [0.25, 0.3) is 10.9 Å². The number of aromatic amines is 1. The molecule has 5 nitrogen and oxygen atoms in total. The summed E-state index contributed by atoms with van der Waals surface area (Å²) in [5, 5.41) is 29.8. The molecule has 0 saturated heterocycles. The number of nitrogens with zero attached hydrogens (tertiary/aromatic N) is 3. The monoisotopic (exact) mass is 413 g/mol. The van der Waals surface area contributed by atoms with Crippen molar-refractivity contribution in [3.63, 3.8) is 0 Å². The summed E-state index contributed by atoms with van der Waals surface area (Å²) in [6, 6.07) is 8.87. The van der Waals surface area contributed by atoms with Crippen LogP contribution in [0.4, 0.5) is 13.2 Å². The van der Waals surface area contributed by atoms with Gasteiger partial charge in [-0.15, -0.1) is 0 Å². The molecule has 1 unspecified atom stereocenters. The molecule has 0 radical (unpaired) electrons. The SMILES string of the molecule is CCc1[nH]nc2ccc(C3C(C#N)=C(CCC(C)C)NC(C(F)(F)F)=C3C#N)cc12. The first kappa shape index (κ1) is 21.4. The Labute approximate surface area is 172 Å². The molecule has 30 heavy (non-hydrogen) atoms. The second kappa shape index (κ2) is 8.23. The van der Waals surface area contributed by atoms with Crippen molar-refractivity contribution in [1.82, 2.24) is 15.5 Å². The van der Waals surface area contributed by atoms with Gasteiger partial charge >= 0.3 is 6.18 Å². The number of nitriles is 2. The van der Waals surface area contributed by atoms with E-state index in [0.717, 1.165) is 11.1 Å². The van der Waals surface area contributed by atoms with Crippen molar-refractivity contribution in [2.75, 3.05) is 0 Å². The third-order valence-corrected chi connectivity index (χ3v) is 5.29. The molecule has 0 spiro atoms. The fourth-order valence-corrected chi connectivity index (χ4v) is 3.72. The molecule has 3 rings (SSSR count). The zero-order valence-electron chi connectivity index (χ0n) is 17.0. The number of benzene rings is 1. The molecule has 1 atom stereocenters. The number of hydrogen-bond acceptors (Lipinski definition) is 4. The number of rotatable bonds is 5. The van der Waals surface area contributed by atoms with Crippen LogP contribution >= 0.6 is 0 Å². The molecule has 1 aliphatic heterocycles. The van der Waals surface area contributed by atoms with E-state index in [1.54, 1.807) is 24.3 Å². The number of aromatic nitrogens is 2. The van der Waals surface area contributed by atoms with Crippen LogP contribution in [0.3, 0.4) is 0 Å². The average Bonchev–Trinajstić information content (AvgIpc) is 3.12. The van der Waals surface area contributed by atoms with Gasteiger partial charge < -0.3 is 5.32 Å². The van der Waals surface area contributed by atoms with Gasteiger partial charge in [0, 0.05) is 16.8 Å². The van der Waals surface area contributed by atoms with Crippen molar-refractivity contribution in [2.24, 2.45) is 5.92 Å². The Morgan fingerprint density at radius 1 is 1.17 bits per heavy atom. The first-order valence-corrected chi connectivity index (χ1v) is 9.79. The van der Waals surface area contributed by atoms with Crippen LogP contribution in [-0.2, 0) is 6.42 Å². The first-order valence-electron chi connectivity index (χ1n) is 9.79. The Hall–Kier alpha value is -3.26. The Kier molecular flexibility index (Phi) is 5.89. The van der Waals surface area contributed by atoms with E-state index in [-0.39, 0.29) is 17.2 Å². The number of fused-ring (bicyclic) bond motifs is 1. The first-order chi connectivity index (χ1) is 14.2. The number of hydrogen-bond donors (Lipinski definition) is 2. The summed E-state index contributed by atoms with van der Waals surface area (Å²) < 4.78 is 41.4. The topological polar surface area (TPSA) is 88.3 Å². The lowest BCUT2D eigenvalue weighted by Crippen LogP contribution is -2.34. The number of halogens is 3. The lowest BCUT2D eigenvalue weighted by atomic mass is 9.80. The number of dihydropyridines is 1. The second-order valence-corrected chi connectivity index (χ2v) is 7.73. The molecule has 1 aromatic carbocycles. The molecule has 1 aromatic heterocycles. The molecule has 0 fully saturated rings. The largest absolute Gasteiger partial charge is 0.432 e. The molecule has 0 aliphatic carbocycles. The van der Waals surface area contributed by atoms with E-state index in [0.29, 0.717) is 30.3 Å². The fourth-order valence-electron chi connectivity index (χ4n) is 3.72. The van der Waals surface area contributed by atoms with Gasteiger partial charge in [-0.1, -0.05) is 26.8 Å². The van der Waals surface area contributed by atoms with Crippen molar-refractivity contribution in [3.05, 3.63) is 52.0 Å². The summed E-state index contributed by atoms with van der Waals surface area (Å²) in [7, 11) is 0. The molecule has 1 aliphatic rings. The molecule has 156 valence electrons. The second-order valence-electron chi connectivity index (χ2n) is 7.73. The minimum atomic E-state index is -4.73. The fraction of sp³-hybridized carbons (Fsp3) is 0.409. The third-order valence-electron chi connectivity index (χ3n) is 5.29. The number of nitrogens with one attached hydrogen (secondary N) is 2. The summed E-state index contributed by atoms with van der Waals surface area (Å²) >= 11 is 0. The van der Waals surface area contributed by atoms with E-state index in [1.165, 1.54) is 0 Å². The highest BCUT2D eigenvalue weighted by molar-refractivity contribution is 5.82. The van der Waals surface area contributed by atoms with Crippen molar-refractivity contribution < 1.29 is 13.2 Å². The highest BCUT2D eigenvalue weighted by Gasteiger charge is 2.43. The van der Waals surface area contributed by atoms with Gasteiger partial charge in [0.05, 0.1) is 34.7 Å². The Balaban J connectivity index is 2.24. The summed E-state index contributed by atoms with van der Waals surface area (Å²) in [6.45, 7) is 5.87. The maximum atomic E-state index is 13.8. The molecule has 0 bridgehead atoms. The minimum Gasteiger partial charge on any atom is -0.353 e. The van der Waals surface area contributed by atoms with Gasteiger partial charge in [-0.3, -0.25) is 5.10 Å². The highest BCUT2D eigenvalue weighted by atomic mass is 19.4. The Morgan fingerprint density at radius 2 is 1.87 bits per heavy atom. The van der Waals surface area contributed by atoms with E-state index < -0.39 is 23.4 Å². The molecule has 8 heteroatoms. The Bertz CT molecular complexity index is 1110.